The quantitative estimate of drug-likeness (QED) is 0.568. The van der Waals surface area contributed by atoms with E-state index in [1.807, 2.05) is 6.92 Å². The van der Waals surface area contributed by atoms with Gasteiger partial charge in [-0.3, -0.25) is 14.3 Å². The fourth-order valence-electron chi connectivity index (χ4n) is 3.69. The monoisotopic (exact) mass is 446 g/mol. The summed E-state index contributed by atoms with van der Waals surface area (Å²) in [4.78, 5) is 24.0. The maximum Gasteiger partial charge on any atom is 0.307 e. The van der Waals surface area contributed by atoms with Gasteiger partial charge >= 0.3 is 5.97 Å². The number of amides is 1. The van der Waals surface area contributed by atoms with E-state index in [0.717, 1.165) is 12.8 Å². The molecule has 9 heteroatoms. The van der Waals surface area contributed by atoms with Crippen molar-refractivity contribution in [2.45, 2.75) is 37.5 Å². The molecule has 3 rings (SSSR count). The van der Waals surface area contributed by atoms with E-state index in [1.54, 1.807) is 24.3 Å². The van der Waals surface area contributed by atoms with E-state index in [4.69, 9.17) is 4.74 Å². The molecule has 2 aromatic rings. The highest BCUT2D eigenvalue weighted by Gasteiger charge is 2.35. The summed E-state index contributed by atoms with van der Waals surface area (Å²) in [5.41, 5.74) is 0.817. The van der Waals surface area contributed by atoms with Gasteiger partial charge in [0.2, 0.25) is 5.91 Å². The lowest BCUT2D eigenvalue weighted by Crippen LogP contribution is -2.36. The number of carboxylic acids is 1. The minimum absolute atomic E-state index is 0.0421. The van der Waals surface area contributed by atoms with Crippen LogP contribution >= 0.6 is 0 Å². The fourth-order valence-corrected chi connectivity index (χ4v) is 4.75. The number of carbonyl (C=O) groups is 2. The standard InChI is InChI=1S/C22H26N2O6S/c1-2-30-17-11-7-16(8-12-17)24-31(28,29)18-13-9-15(10-14-18)23-21(25)19-5-3-4-6-20(19)22(26)27/h7-14,19-20,24H,2-6H2,1H3,(H,23,25)(H,26,27)/t19-,20+/m1/s1. The van der Waals surface area contributed by atoms with Gasteiger partial charge in [-0.25, -0.2) is 8.42 Å². The minimum Gasteiger partial charge on any atom is -0.494 e. The number of ether oxygens (including phenoxy) is 1. The van der Waals surface area contributed by atoms with Crippen LogP contribution in [0.5, 0.6) is 5.75 Å². The molecule has 1 aliphatic carbocycles. The predicted octanol–water partition coefficient (Wildman–Crippen LogP) is 3.72. The Morgan fingerprint density at radius 2 is 1.55 bits per heavy atom. The van der Waals surface area contributed by atoms with Gasteiger partial charge in [0.05, 0.1) is 23.3 Å². The number of hydrogen-bond donors (Lipinski definition) is 3. The Morgan fingerprint density at radius 3 is 2.13 bits per heavy atom. The molecule has 0 aromatic heterocycles. The van der Waals surface area contributed by atoms with Crippen LogP contribution in [0.2, 0.25) is 0 Å². The highest BCUT2D eigenvalue weighted by atomic mass is 32.2. The maximum atomic E-state index is 12.6. The number of nitrogens with one attached hydrogen (secondary N) is 2. The molecule has 0 heterocycles. The third-order valence-corrected chi connectivity index (χ3v) is 6.67. The van der Waals surface area contributed by atoms with Crippen molar-refractivity contribution in [3.63, 3.8) is 0 Å². The van der Waals surface area contributed by atoms with Crippen LogP contribution in [-0.2, 0) is 19.6 Å². The van der Waals surface area contributed by atoms with Gasteiger partial charge in [0.15, 0.2) is 0 Å². The van der Waals surface area contributed by atoms with Crippen molar-refractivity contribution in [3.05, 3.63) is 48.5 Å². The molecule has 0 saturated heterocycles. The number of anilines is 2. The van der Waals surface area contributed by atoms with Gasteiger partial charge in [-0.1, -0.05) is 12.8 Å². The van der Waals surface area contributed by atoms with Crippen LogP contribution < -0.4 is 14.8 Å². The molecular weight excluding hydrogens is 420 g/mol. The Kier molecular flexibility index (Phi) is 7.17. The van der Waals surface area contributed by atoms with Crippen molar-refractivity contribution >= 4 is 33.3 Å². The number of aliphatic carboxylic acids is 1. The molecular formula is C22H26N2O6S. The number of hydrogen-bond acceptors (Lipinski definition) is 5. The summed E-state index contributed by atoms with van der Waals surface area (Å²) in [5, 5.41) is 12.1. The topological polar surface area (TPSA) is 122 Å². The molecule has 8 nitrogen and oxygen atoms in total. The summed E-state index contributed by atoms with van der Waals surface area (Å²) >= 11 is 0. The molecule has 1 fully saturated rings. The zero-order chi connectivity index (χ0) is 22.4. The lowest BCUT2D eigenvalue weighted by Gasteiger charge is -2.27. The molecule has 2 atom stereocenters. The molecule has 31 heavy (non-hydrogen) atoms. The van der Waals surface area contributed by atoms with E-state index in [-0.39, 0.29) is 10.8 Å². The number of carboxylic acid groups (broad SMARTS) is 1. The molecule has 2 aromatic carbocycles. The van der Waals surface area contributed by atoms with Crippen LogP contribution in [0.4, 0.5) is 11.4 Å². The van der Waals surface area contributed by atoms with E-state index in [1.165, 1.54) is 24.3 Å². The molecule has 0 unspecified atom stereocenters. The number of carbonyl (C=O) groups excluding carboxylic acids is 1. The van der Waals surface area contributed by atoms with E-state index < -0.39 is 27.8 Å². The maximum absolute atomic E-state index is 12.6. The number of rotatable bonds is 8. The molecule has 3 N–H and O–H groups in total. The highest BCUT2D eigenvalue weighted by Crippen LogP contribution is 2.31. The highest BCUT2D eigenvalue weighted by molar-refractivity contribution is 7.92. The predicted molar refractivity (Wildman–Crippen MR) is 117 cm³/mol. The first-order valence-corrected chi connectivity index (χ1v) is 11.7. The summed E-state index contributed by atoms with van der Waals surface area (Å²) in [7, 11) is -3.81. The Labute approximate surface area is 181 Å². The number of benzene rings is 2. The molecule has 0 radical (unpaired) electrons. The summed E-state index contributed by atoms with van der Waals surface area (Å²) in [6.45, 7) is 2.38. The number of sulfonamides is 1. The molecule has 0 aliphatic heterocycles. The lowest BCUT2D eigenvalue weighted by atomic mass is 9.78. The van der Waals surface area contributed by atoms with Gasteiger partial charge in [0.25, 0.3) is 10.0 Å². The first-order chi connectivity index (χ1) is 14.8. The Morgan fingerprint density at radius 1 is 0.968 bits per heavy atom. The second-order valence-corrected chi connectivity index (χ2v) is 9.09. The Balaban J connectivity index is 1.66. The van der Waals surface area contributed by atoms with Crippen molar-refractivity contribution in [1.29, 1.82) is 0 Å². The smallest absolute Gasteiger partial charge is 0.307 e. The van der Waals surface area contributed by atoms with Crippen LogP contribution in [0.15, 0.2) is 53.4 Å². The molecule has 1 amide bonds. The van der Waals surface area contributed by atoms with Crippen LogP contribution in [0.3, 0.4) is 0 Å². The normalized spacial score (nSPS) is 18.7. The molecule has 1 aliphatic rings. The van der Waals surface area contributed by atoms with Crippen molar-refractivity contribution in [2.75, 3.05) is 16.6 Å². The zero-order valence-corrected chi connectivity index (χ0v) is 18.0. The van der Waals surface area contributed by atoms with E-state index in [9.17, 15) is 23.1 Å². The van der Waals surface area contributed by atoms with Crippen LogP contribution in [0.25, 0.3) is 0 Å². The summed E-state index contributed by atoms with van der Waals surface area (Å²) in [6, 6.07) is 12.3. The minimum atomic E-state index is -3.81. The van der Waals surface area contributed by atoms with E-state index in [2.05, 4.69) is 10.0 Å². The molecule has 1 saturated carbocycles. The van der Waals surface area contributed by atoms with Crippen molar-refractivity contribution in [3.8, 4) is 5.75 Å². The zero-order valence-electron chi connectivity index (χ0n) is 17.2. The summed E-state index contributed by atoms with van der Waals surface area (Å²) < 4.78 is 33.1. The lowest BCUT2D eigenvalue weighted by molar-refractivity contribution is -0.147. The average molecular weight is 447 g/mol. The van der Waals surface area contributed by atoms with Gasteiger partial charge in [-0.15, -0.1) is 0 Å². The third-order valence-electron chi connectivity index (χ3n) is 5.27. The Hall–Kier alpha value is -3.07. The second kappa shape index (κ2) is 9.82. The van der Waals surface area contributed by atoms with Gasteiger partial charge in [-0.05, 0) is 68.3 Å². The molecule has 0 bridgehead atoms. The van der Waals surface area contributed by atoms with Crippen molar-refractivity contribution in [1.82, 2.24) is 0 Å². The first kappa shape index (κ1) is 22.6. The molecule has 166 valence electrons. The van der Waals surface area contributed by atoms with Gasteiger partial charge in [0.1, 0.15) is 5.75 Å². The second-order valence-electron chi connectivity index (χ2n) is 7.41. The van der Waals surface area contributed by atoms with E-state index in [0.29, 0.717) is 36.6 Å². The van der Waals surface area contributed by atoms with Gasteiger partial charge in [0, 0.05) is 11.4 Å². The van der Waals surface area contributed by atoms with Gasteiger partial charge < -0.3 is 15.2 Å². The van der Waals surface area contributed by atoms with Crippen molar-refractivity contribution in [2.24, 2.45) is 11.8 Å². The van der Waals surface area contributed by atoms with Gasteiger partial charge in [-0.2, -0.15) is 0 Å². The SMILES string of the molecule is CCOc1ccc(NS(=O)(=O)c2ccc(NC(=O)[C@@H]3CCCC[C@@H]3C(=O)O)cc2)cc1. The average Bonchev–Trinajstić information content (AvgIpc) is 2.75. The summed E-state index contributed by atoms with van der Waals surface area (Å²) in [5.74, 6) is -1.94. The molecule has 0 spiro atoms. The van der Waals surface area contributed by atoms with Crippen LogP contribution in [0, 0.1) is 11.8 Å². The third kappa shape index (κ3) is 5.75. The first-order valence-electron chi connectivity index (χ1n) is 10.2. The van der Waals surface area contributed by atoms with Crippen LogP contribution in [0.1, 0.15) is 32.6 Å². The Bertz CT molecular complexity index is 1020. The summed E-state index contributed by atoms with van der Waals surface area (Å²) in [6.07, 6.45) is 2.63. The van der Waals surface area contributed by atoms with Crippen molar-refractivity contribution < 1.29 is 27.9 Å². The van der Waals surface area contributed by atoms with Crippen LogP contribution in [-0.4, -0.2) is 32.0 Å². The fraction of sp³-hybridized carbons (Fsp3) is 0.364. The largest absolute Gasteiger partial charge is 0.494 e. The van der Waals surface area contributed by atoms with E-state index >= 15 is 0 Å².